The van der Waals surface area contributed by atoms with E-state index in [1.807, 2.05) is 11.3 Å². The molecule has 0 saturated heterocycles. The van der Waals surface area contributed by atoms with E-state index in [9.17, 15) is 0 Å². The second kappa shape index (κ2) is 13.2. The normalized spacial score (nSPS) is 11.9. The molecule has 3 heterocycles. The molecule has 0 aliphatic heterocycles. The first-order valence-electron chi connectivity index (χ1n) is 20.0. The smallest absolute Gasteiger partial charge is 0.0719 e. The van der Waals surface area contributed by atoms with E-state index >= 15 is 0 Å². The summed E-state index contributed by atoms with van der Waals surface area (Å²) in [6, 6.07) is 75.9. The van der Waals surface area contributed by atoms with E-state index in [0.717, 1.165) is 12.1 Å². The number of aromatic nitrogens is 2. The first-order valence-corrected chi connectivity index (χ1v) is 20.8. The molecule has 272 valence electrons. The van der Waals surface area contributed by atoms with E-state index in [4.69, 9.17) is 0 Å². The molecule has 0 radical (unpaired) electrons. The highest BCUT2D eigenvalue weighted by Gasteiger charge is 2.19. The van der Waals surface area contributed by atoms with Gasteiger partial charge in [-0.25, -0.2) is 0 Å². The van der Waals surface area contributed by atoms with Gasteiger partial charge in [0, 0.05) is 48.4 Å². The van der Waals surface area contributed by atoms with Crippen LogP contribution in [0.1, 0.15) is 11.1 Å². The van der Waals surface area contributed by atoms with Gasteiger partial charge < -0.3 is 9.13 Å². The maximum Gasteiger partial charge on any atom is 0.0719 e. The topological polar surface area (TPSA) is 9.86 Å². The van der Waals surface area contributed by atoms with Gasteiger partial charge in [-0.05, 0) is 100 Å². The Hall–Kier alpha value is -7.20. The molecule has 0 bridgehead atoms. The lowest BCUT2D eigenvalue weighted by atomic mass is 9.99. The zero-order valence-electron chi connectivity index (χ0n) is 31.6. The Kier molecular flexibility index (Phi) is 7.51. The number of nitrogens with zero attached hydrogens (tertiary/aromatic N) is 2. The second-order valence-electron chi connectivity index (χ2n) is 15.3. The second-order valence-corrected chi connectivity index (χ2v) is 16.4. The first-order chi connectivity index (χ1) is 28.7. The van der Waals surface area contributed by atoms with Crippen LogP contribution < -0.4 is 0 Å². The summed E-state index contributed by atoms with van der Waals surface area (Å²) in [5.41, 5.74) is 14.8. The van der Waals surface area contributed by atoms with Crippen LogP contribution in [0.5, 0.6) is 0 Å². The number of fused-ring (bicyclic) bond motifs is 10. The molecule has 0 N–H and O–H groups in total. The van der Waals surface area contributed by atoms with Gasteiger partial charge in [0.25, 0.3) is 0 Å². The van der Waals surface area contributed by atoms with Crippen LogP contribution >= 0.6 is 11.3 Å². The van der Waals surface area contributed by atoms with Gasteiger partial charge in [0.15, 0.2) is 0 Å². The average Bonchev–Trinajstić information content (AvgIpc) is 3.95. The fourth-order valence-electron chi connectivity index (χ4n) is 9.23. The summed E-state index contributed by atoms with van der Waals surface area (Å²) < 4.78 is 7.52. The van der Waals surface area contributed by atoms with Crippen LogP contribution in [0.4, 0.5) is 0 Å². The average molecular weight is 757 g/mol. The first kappa shape index (κ1) is 33.0. The van der Waals surface area contributed by atoms with Gasteiger partial charge in [-0.15, -0.1) is 11.3 Å². The molecule has 0 fully saturated rings. The molecule has 12 rings (SSSR count). The highest BCUT2D eigenvalue weighted by molar-refractivity contribution is 7.26. The summed E-state index contributed by atoms with van der Waals surface area (Å²) in [4.78, 5) is 0. The number of thiophene rings is 1. The molecule has 58 heavy (non-hydrogen) atoms. The van der Waals surface area contributed by atoms with Crippen LogP contribution in [-0.4, -0.2) is 9.13 Å². The van der Waals surface area contributed by atoms with Gasteiger partial charge in [-0.3, -0.25) is 0 Å². The molecule has 0 saturated carbocycles. The highest BCUT2D eigenvalue weighted by Crippen LogP contribution is 2.44. The Morgan fingerprint density at radius 3 is 1.69 bits per heavy atom. The maximum atomic E-state index is 2.50. The van der Waals surface area contributed by atoms with E-state index in [2.05, 4.69) is 215 Å². The van der Waals surface area contributed by atoms with Gasteiger partial charge in [0.1, 0.15) is 0 Å². The summed E-state index contributed by atoms with van der Waals surface area (Å²) in [5, 5.41) is 7.68. The van der Waals surface area contributed by atoms with Crippen molar-refractivity contribution < 1.29 is 0 Å². The lowest BCUT2D eigenvalue weighted by molar-refractivity contribution is 1.18. The Balaban J connectivity index is 1.02. The van der Waals surface area contributed by atoms with Crippen molar-refractivity contribution in [3.63, 3.8) is 0 Å². The lowest BCUT2D eigenvalue weighted by Gasteiger charge is -2.11. The predicted octanol–water partition coefficient (Wildman–Crippen LogP) is 15.2. The van der Waals surface area contributed by atoms with Gasteiger partial charge in [0.2, 0.25) is 0 Å². The molecule has 0 aliphatic rings. The van der Waals surface area contributed by atoms with Crippen molar-refractivity contribution >= 4 is 75.1 Å². The highest BCUT2D eigenvalue weighted by atomic mass is 32.1. The molecule has 0 atom stereocenters. The fraction of sp³-hybridized carbons (Fsp3) is 0.0182. The van der Waals surface area contributed by atoms with E-state index in [-0.39, 0.29) is 0 Å². The molecule has 9 aromatic carbocycles. The Bertz CT molecular complexity index is 3510. The molecule has 3 heteroatoms. The van der Waals surface area contributed by atoms with Gasteiger partial charge >= 0.3 is 0 Å². The summed E-state index contributed by atoms with van der Waals surface area (Å²) >= 11 is 1.90. The summed E-state index contributed by atoms with van der Waals surface area (Å²) in [5.74, 6) is 0. The van der Waals surface area contributed by atoms with Gasteiger partial charge in [-0.2, -0.15) is 0 Å². The van der Waals surface area contributed by atoms with Gasteiger partial charge in [0.05, 0.1) is 26.8 Å². The third-order valence-electron chi connectivity index (χ3n) is 11.9. The standard InChI is InChI=1S/C55H36N2S/c1-3-12-36(13-4-1)32-37-14-11-15-39(33-37)38-22-26-43(27-23-38)57-52-31-25-41(35-49(52)46-28-29-47-45-19-8-10-21-53(45)58-55(47)54(46)57)40-24-30-51-48(34-40)44-18-7-9-20-50(44)56(51)42-16-5-2-6-17-42/h1-31,33-35H,32H2. The predicted molar refractivity (Wildman–Crippen MR) is 248 cm³/mol. The zero-order valence-corrected chi connectivity index (χ0v) is 32.5. The molecule has 0 aliphatic carbocycles. The van der Waals surface area contributed by atoms with E-state index in [1.54, 1.807) is 0 Å². The Morgan fingerprint density at radius 1 is 0.328 bits per heavy atom. The molecule has 0 amide bonds. The van der Waals surface area contributed by atoms with Crippen molar-refractivity contribution in [3.05, 3.63) is 217 Å². The SMILES string of the molecule is c1ccc(Cc2cccc(-c3ccc(-n4c5ccc(-c6ccc7c(c6)c6ccccc6n7-c6ccccc6)cc5c5ccc6c7ccccc7sc6c54)cc3)c2)cc1. The quantitative estimate of drug-likeness (QED) is 0.160. The van der Waals surface area contributed by atoms with Crippen LogP contribution in [-0.2, 0) is 6.42 Å². The minimum Gasteiger partial charge on any atom is -0.309 e. The summed E-state index contributed by atoms with van der Waals surface area (Å²) in [6.07, 6.45) is 0.923. The Morgan fingerprint density at radius 2 is 0.897 bits per heavy atom. The van der Waals surface area contributed by atoms with E-state index < -0.39 is 0 Å². The van der Waals surface area contributed by atoms with Crippen LogP contribution in [0.2, 0.25) is 0 Å². The van der Waals surface area contributed by atoms with E-state index in [0.29, 0.717) is 0 Å². The third kappa shape index (κ3) is 5.25. The van der Waals surface area contributed by atoms with E-state index in [1.165, 1.54) is 103 Å². The van der Waals surface area contributed by atoms with Crippen molar-refractivity contribution in [1.29, 1.82) is 0 Å². The third-order valence-corrected chi connectivity index (χ3v) is 13.1. The Labute approximate surface area is 340 Å². The van der Waals surface area contributed by atoms with Crippen molar-refractivity contribution in [3.8, 4) is 33.6 Å². The number of benzene rings is 9. The largest absolute Gasteiger partial charge is 0.309 e. The summed E-state index contributed by atoms with van der Waals surface area (Å²) in [7, 11) is 0. The molecule has 0 spiro atoms. The van der Waals surface area contributed by atoms with Crippen molar-refractivity contribution in [2.45, 2.75) is 6.42 Å². The fourth-order valence-corrected chi connectivity index (χ4v) is 10.5. The minimum atomic E-state index is 0.923. The molecule has 3 aromatic heterocycles. The number of rotatable bonds is 6. The molecule has 2 nitrogen and oxygen atoms in total. The molecule has 12 aromatic rings. The molecular weight excluding hydrogens is 721 g/mol. The minimum absolute atomic E-state index is 0.923. The van der Waals surface area contributed by atoms with Crippen LogP contribution in [0.15, 0.2) is 206 Å². The number of hydrogen-bond acceptors (Lipinski definition) is 1. The van der Waals surface area contributed by atoms with Crippen LogP contribution in [0, 0.1) is 0 Å². The lowest BCUT2D eigenvalue weighted by Crippen LogP contribution is -1.94. The molecule has 0 unspecified atom stereocenters. The van der Waals surface area contributed by atoms with Crippen molar-refractivity contribution in [2.24, 2.45) is 0 Å². The van der Waals surface area contributed by atoms with Gasteiger partial charge in [-0.1, -0.05) is 146 Å². The van der Waals surface area contributed by atoms with Crippen LogP contribution in [0.25, 0.3) is 97.4 Å². The summed E-state index contributed by atoms with van der Waals surface area (Å²) in [6.45, 7) is 0. The van der Waals surface area contributed by atoms with Crippen molar-refractivity contribution in [1.82, 2.24) is 9.13 Å². The number of hydrogen-bond donors (Lipinski definition) is 0. The monoisotopic (exact) mass is 756 g/mol. The maximum absolute atomic E-state index is 2.50. The zero-order chi connectivity index (χ0) is 38.2. The van der Waals surface area contributed by atoms with Crippen LogP contribution in [0.3, 0.4) is 0 Å². The number of para-hydroxylation sites is 2. The molecular formula is C55H36N2S. The van der Waals surface area contributed by atoms with Crippen molar-refractivity contribution in [2.75, 3.05) is 0 Å².